The predicted molar refractivity (Wildman–Crippen MR) is 98.6 cm³/mol. The minimum Gasteiger partial charge on any atom is -0.311 e. The van der Waals surface area contributed by atoms with Crippen LogP contribution in [0, 0.1) is 0 Å². The lowest BCUT2D eigenvalue weighted by atomic mass is 10.1. The molecule has 0 aliphatic carbocycles. The summed E-state index contributed by atoms with van der Waals surface area (Å²) in [5.41, 5.74) is 2.79. The van der Waals surface area contributed by atoms with E-state index in [-0.39, 0.29) is 5.91 Å². The Balaban J connectivity index is 1.71. The smallest absolute Gasteiger partial charge is 0.268 e. The van der Waals surface area contributed by atoms with Gasteiger partial charge in [0.25, 0.3) is 5.91 Å². The van der Waals surface area contributed by atoms with E-state index in [1.807, 2.05) is 66.7 Å². The average Bonchev–Trinajstić information content (AvgIpc) is 3.22. The van der Waals surface area contributed by atoms with Crippen LogP contribution in [0.4, 0.5) is 5.69 Å². The van der Waals surface area contributed by atoms with E-state index in [1.54, 1.807) is 11.9 Å². The second kappa shape index (κ2) is 5.94. The van der Waals surface area contributed by atoms with E-state index in [0.29, 0.717) is 4.88 Å². The van der Waals surface area contributed by atoms with Crippen LogP contribution < -0.4 is 4.90 Å². The van der Waals surface area contributed by atoms with Crippen molar-refractivity contribution in [3.63, 3.8) is 0 Å². The van der Waals surface area contributed by atoms with Gasteiger partial charge in [0.15, 0.2) is 0 Å². The van der Waals surface area contributed by atoms with Crippen molar-refractivity contribution in [2.75, 3.05) is 11.9 Å². The third-order valence-electron chi connectivity index (χ3n) is 3.96. The Labute approximate surface area is 143 Å². The SMILES string of the molecule is CN(C(=O)c1cc2c(-c3ccccc3)n[nH]c2s1)c1ccccc1. The van der Waals surface area contributed by atoms with Gasteiger partial charge in [-0.2, -0.15) is 5.10 Å². The van der Waals surface area contributed by atoms with Crippen molar-refractivity contribution >= 4 is 33.1 Å². The fourth-order valence-electron chi connectivity index (χ4n) is 2.67. The van der Waals surface area contributed by atoms with Crippen LogP contribution in [0.5, 0.6) is 0 Å². The number of aromatic nitrogens is 2. The Morgan fingerprint density at radius 3 is 2.42 bits per heavy atom. The molecule has 118 valence electrons. The number of amides is 1. The summed E-state index contributed by atoms with van der Waals surface area (Å²) in [6.45, 7) is 0. The van der Waals surface area contributed by atoms with Gasteiger partial charge in [-0.15, -0.1) is 11.3 Å². The number of carbonyl (C=O) groups is 1. The molecule has 4 aromatic rings. The first kappa shape index (κ1) is 14.7. The van der Waals surface area contributed by atoms with E-state index in [0.717, 1.165) is 27.2 Å². The number of benzene rings is 2. The average molecular weight is 333 g/mol. The molecule has 1 amide bonds. The van der Waals surface area contributed by atoms with Crippen molar-refractivity contribution in [2.24, 2.45) is 0 Å². The molecule has 4 rings (SSSR count). The number of thiophene rings is 1. The maximum absolute atomic E-state index is 12.8. The normalized spacial score (nSPS) is 10.9. The summed E-state index contributed by atoms with van der Waals surface area (Å²) < 4.78 is 0. The Morgan fingerprint density at radius 2 is 1.71 bits per heavy atom. The highest BCUT2D eigenvalue weighted by molar-refractivity contribution is 7.20. The molecule has 0 fully saturated rings. The van der Waals surface area contributed by atoms with Crippen LogP contribution in [0.3, 0.4) is 0 Å². The Bertz CT molecular complexity index is 989. The highest BCUT2D eigenvalue weighted by Crippen LogP contribution is 2.33. The lowest BCUT2D eigenvalue weighted by Crippen LogP contribution is -2.25. The van der Waals surface area contributed by atoms with Crippen molar-refractivity contribution in [2.45, 2.75) is 0 Å². The Morgan fingerprint density at radius 1 is 1.04 bits per heavy atom. The van der Waals surface area contributed by atoms with Gasteiger partial charge in [-0.05, 0) is 18.2 Å². The maximum atomic E-state index is 12.8. The monoisotopic (exact) mass is 333 g/mol. The fourth-order valence-corrected chi connectivity index (χ4v) is 3.65. The predicted octanol–water partition coefficient (Wildman–Crippen LogP) is 4.57. The highest BCUT2D eigenvalue weighted by Gasteiger charge is 2.19. The third kappa shape index (κ3) is 2.49. The summed E-state index contributed by atoms with van der Waals surface area (Å²) in [5, 5.41) is 8.41. The summed E-state index contributed by atoms with van der Waals surface area (Å²) >= 11 is 1.43. The van der Waals surface area contributed by atoms with Gasteiger partial charge in [-0.1, -0.05) is 48.5 Å². The van der Waals surface area contributed by atoms with Gasteiger partial charge < -0.3 is 4.90 Å². The van der Waals surface area contributed by atoms with Crippen molar-refractivity contribution in [1.82, 2.24) is 10.2 Å². The summed E-state index contributed by atoms with van der Waals surface area (Å²) in [6.07, 6.45) is 0. The zero-order valence-electron chi connectivity index (χ0n) is 13.1. The molecule has 24 heavy (non-hydrogen) atoms. The standard InChI is InChI=1S/C19H15N3OS/c1-22(14-10-6-3-7-11-14)19(23)16-12-15-17(20-21-18(15)24-16)13-8-4-2-5-9-13/h2-12H,1H3,(H,20,21). The summed E-state index contributed by atoms with van der Waals surface area (Å²) in [6, 6.07) is 21.5. The number of hydrogen-bond acceptors (Lipinski definition) is 3. The van der Waals surface area contributed by atoms with Crippen molar-refractivity contribution in [3.8, 4) is 11.3 Å². The number of nitrogens with zero attached hydrogens (tertiary/aromatic N) is 2. The molecule has 4 nitrogen and oxygen atoms in total. The molecular formula is C19H15N3OS. The van der Waals surface area contributed by atoms with E-state index >= 15 is 0 Å². The first-order valence-corrected chi connectivity index (χ1v) is 8.42. The number of aromatic amines is 1. The van der Waals surface area contributed by atoms with Crippen LogP contribution in [0.25, 0.3) is 21.5 Å². The number of H-pyrrole nitrogens is 1. The van der Waals surface area contributed by atoms with Crippen LogP contribution in [0.15, 0.2) is 66.7 Å². The van der Waals surface area contributed by atoms with E-state index < -0.39 is 0 Å². The van der Waals surface area contributed by atoms with E-state index in [1.165, 1.54) is 11.3 Å². The molecule has 0 spiro atoms. The number of para-hydroxylation sites is 1. The first-order valence-electron chi connectivity index (χ1n) is 7.60. The minimum atomic E-state index is -0.0187. The molecule has 0 bridgehead atoms. The molecule has 0 aliphatic heterocycles. The van der Waals surface area contributed by atoms with E-state index in [9.17, 15) is 4.79 Å². The molecule has 1 N–H and O–H groups in total. The van der Waals surface area contributed by atoms with Crippen molar-refractivity contribution < 1.29 is 4.79 Å². The first-order chi connectivity index (χ1) is 11.7. The topological polar surface area (TPSA) is 49.0 Å². The molecule has 5 heteroatoms. The van der Waals surface area contributed by atoms with Crippen LogP contribution in [-0.2, 0) is 0 Å². The minimum absolute atomic E-state index is 0.0187. The maximum Gasteiger partial charge on any atom is 0.268 e. The third-order valence-corrected chi connectivity index (χ3v) is 4.99. The molecule has 0 aliphatic rings. The highest BCUT2D eigenvalue weighted by atomic mass is 32.1. The second-order valence-corrected chi connectivity index (χ2v) is 6.54. The van der Waals surface area contributed by atoms with Gasteiger partial charge in [0, 0.05) is 23.7 Å². The summed E-state index contributed by atoms with van der Waals surface area (Å²) in [5.74, 6) is -0.0187. The van der Waals surface area contributed by atoms with Crippen LogP contribution in [-0.4, -0.2) is 23.2 Å². The van der Waals surface area contributed by atoms with Gasteiger partial charge in [-0.3, -0.25) is 9.89 Å². The van der Waals surface area contributed by atoms with Crippen molar-refractivity contribution in [1.29, 1.82) is 0 Å². The van der Waals surface area contributed by atoms with Crippen LogP contribution >= 0.6 is 11.3 Å². The van der Waals surface area contributed by atoms with Gasteiger partial charge in [0.2, 0.25) is 0 Å². The van der Waals surface area contributed by atoms with Gasteiger partial charge in [0.05, 0.1) is 4.88 Å². The zero-order valence-corrected chi connectivity index (χ0v) is 13.9. The number of hydrogen-bond donors (Lipinski definition) is 1. The zero-order chi connectivity index (χ0) is 16.5. The molecule has 0 radical (unpaired) electrons. The Kier molecular flexibility index (Phi) is 3.63. The molecular weight excluding hydrogens is 318 g/mol. The largest absolute Gasteiger partial charge is 0.311 e. The molecule has 0 atom stereocenters. The molecule has 0 saturated carbocycles. The van der Waals surface area contributed by atoms with Crippen LogP contribution in [0.2, 0.25) is 0 Å². The van der Waals surface area contributed by atoms with E-state index in [2.05, 4.69) is 10.2 Å². The molecule has 2 aromatic heterocycles. The molecule has 2 heterocycles. The summed E-state index contributed by atoms with van der Waals surface area (Å²) in [7, 11) is 1.79. The molecule has 0 saturated heterocycles. The Hall–Kier alpha value is -2.92. The summed E-state index contributed by atoms with van der Waals surface area (Å²) in [4.78, 5) is 16.0. The lowest BCUT2D eigenvalue weighted by Gasteiger charge is -2.15. The second-order valence-electron chi connectivity index (χ2n) is 5.49. The van der Waals surface area contributed by atoms with Gasteiger partial charge >= 0.3 is 0 Å². The lowest BCUT2D eigenvalue weighted by molar-refractivity contribution is 0.0997. The molecule has 2 aromatic carbocycles. The van der Waals surface area contributed by atoms with Crippen LogP contribution in [0.1, 0.15) is 9.67 Å². The number of nitrogens with one attached hydrogen (secondary N) is 1. The quantitative estimate of drug-likeness (QED) is 0.597. The number of anilines is 1. The van der Waals surface area contributed by atoms with Gasteiger partial charge in [0.1, 0.15) is 10.5 Å². The molecule has 0 unspecified atom stereocenters. The van der Waals surface area contributed by atoms with Crippen molar-refractivity contribution in [3.05, 3.63) is 71.6 Å². The fraction of sp³-hybridized carbons (Fsp3) is 0.0526. The number of rotatable bonds is 3. The number of carbonyl (C=O) groups excluding carboxylic acids is 1. The van der Waals surface area contributed by atoms with Gasteiger partial charge in [-0.25, -0.2) is 0 Å². The number of fused-ring (bicyclic) bond motifs is 1. The van der Waals surface area contributed by atoms with E-state index in [4.69, 9.17) is 0 Å².